The molecule has 0 spiro atoms. The molecule has 1 amide bonds. The Kier molecular flexibility index (Phi) is 3.77. The summed E-state index contributed by atoms with van der Waals surface area (Å²) in [5.41, 5.74) is 0.356. The quantitative estimate of drug-likeness (QED) is 0.885. The predicted molar refractivity (Wildman–Crippen MR) is 77.4 cm³/mol. The van der Waals surface area contributed by atoms with Crippen molar-refractivity contribution in [2.45, 2.75) is 25.3 Å². The smallest absolute Gasteiger partial charge is 0.230 e. The van der Waals surface area contributed by atoms with Crippen LogP contribution >= 0.6 is 0 Å². The van der Waals surface area contributed by atoms with Gasteiger partial charge in [-0.15, -0.1) is 10.2 Å². The number of hydrogen-bond acceptors (Lipinski definition) is 4. The first-order valence-electron chi connectivity index (χ1n) is 6.84. The van der Waals surface area contributed by atoms with Crippen LogP contribution in [0.5, 0.6) is 0 Å². The van der Waals surface area contributed by atoms with Crippen molar-refractivity contribution in [1.29, 1.82) is 0 Å². The highest BCUT2D eigenvalue weighted by atomic mass is 19.1. The second-order valence-electron chi connectivity index (χ2n) is 5.04. The molecule has 2 aromatic rings. The highest BCUT2D eigenvalue weighted by molar-refractivity contribution is 5.91. The molecule has 1 saturated carbocycles. The van der Waals surface area contributed by atoms with E-state index in [4.69, 9.17) is 0 Å². The van der Waals surface area contributed by atoms with E-state index in [1.54, 1.807) is 30.3 Å². The van der Waals surface area contributed by atoms with Gasteiger partial charge in [0.15, 0.2) is 5.82 Å². The Bertz CT molecular complexity index is 640. The summed E-state index contributed by atoms with van der Waals surface area (Å²) in [6.07, 6.45) is 2.28. The van der Waals surface area contributed by atoms with Gasteiger partial charge in [0.1, 0.15) is 11.6 Å². The molecule has 1 aromatic heterocycles. The molecule has 0 bridgehead atoms. The summed E-state index contributed by atoms with van der Waals surface area (Å²) >= 11 is 0. The minimum Gasteiger partial charge on any atom is -0.366 e. The summed E-state index contributed by atoms with van der Waals surface area (Å²) < 4.78 is 13.5. The third-order valence-electron chi connectivity index (χ3n) is 3.17. The molecule has 108 valence electrons. The fourth-order valence-electron chi connectivity index (χ4n) is 1.91. The minimum atomic E-state index is -0.386. The number of hydrogen-bond donors (Lipinski definition) is 2. The van der Waals surface area contributed by atoms with Gasteiger partial charge in [-0.05, 0) is 36.6 Å². The number of carbonyl (C=O) groups excluding carboxylic acids is 1. The molecule has 3 rings (SSSR count). The number of aromatic nitrogens is 2. The average molecular weight is 286 g/mol. The molecule has 0 aliphatic heterocycles. The Balaban J connectivity index is 1.57. The normalized spacial score (nSPS) is 13.8. The summed E-state index contributed by atoms with van der Waals surface area (Å²) in [7, 11) is 0. The fraction of sp³-hybridized carbons (Fsp3) is 0.267. The maximum absolute atomic E-state index is 13.5. The van der Waals surface area contributed by atoms with Crippen LogP contribution in [0.2, 0.25) is 0 Å². The summed E-state index contributed by atoms with van der Waals surface area (Å²) in [5.74, 6) is 0.349. The van der Waals surface area contributed by atoms with E-state index in [-0.39, 0.29) is 18.1 Å². The van der Waals surface area contributed by atoms with Crippen molar-refractivity contribution in [1.82, 2.24) is 10.2 Å². The number of nitrogens with zero attached hydrogens (tertiary/aromatic N) is 2. The number of rotatable bonds is 5. The van der Waals surface area contributed by atoms with E-state index in [1.807, 2.05) is 0 Å². The van der Waals surface area contributed by atoms with Gasteiger partial charge in [-0.1, -0.05) is 18.2 Å². The summed E-state index contributed by atoms with van der Waals surface area (Å²) in [5, 5.41) is 13.7. The molecule has 5 nitrogen and oxygen atoms in total. The Morgan fingerprint density at radius 2 is 1.86 bits per heavy atom. The Labute approximate surface area is 121 Å². The van der Waals surface area contributed by atoms with E-state index in [0.29, 0.717) is 23.2 Å². The van der Waals surface area contributed by atoms with E-state index in [0.717, 1.165) is 12.8 Å². The van der Waals surface area contributed by atoms with Crippen molar-refractivity contribution < 1.29 is 9.18 Å². The summed E-state index contributed by atoms with van der Waals surface area (Å²) in [6, 6.07) is 10.2. The molecule has 1 aromatic carbocycles. The zero-order valence-corrected chi connectivity index (χ0v) is 11.3. The zero-order chi connectivity index (χ0) is 14.7. The maximum Gasteiger partial charge on any atom is 0.230 e. The molecule has 2 N–H and O–H groups in total. The summed E-state index contributed by atoms with van der Waals surface area (Å²) in [6.45, 7) is 0. The third kappa shape index (κ3) is 3.75. The van der Waals surface area contributed by atoms with Crippen LogP contribution in [0.15, 0.2) is 36.4 Å². The van der Waals surface area contributed by atoms with Crippen LogP contribution in [0, 0.1) is 5.82 Å². The van der Waals surface area contributed by atoms with E-state index < -0.39 is 0 Å². The first kappa shape index (κ1) is 13.5. The van der Waals surface area contributed by atoms with E-state index in [2.05, 4.69) is 20.8 Å². The van der Waals surface area contributed by atoms with Gasteiger partial charge in [-0.25, -0.2) is 4.39 Å². The van der Waals surface area contributed by atoms with Gasteiger partial charge >= 0.3 is 0 Å². The average Bonchev–Trinajstić information content (AvgIpc) is 3.28. The lowest BCUT2D eigenvalue weighted by Crippen LogP contribution is -2.16. The standard InChI is InChI=1S/C15H15FN4O/c16-12-4-2-1-3-10(12)9-15(21)18-14-8-7-13(19-20-14)17-11-5-6-11/h1-4,7-8,11H,5-6,9H2,(H,17,19)(H,18,20,21). The van der Waals surface area contributed by atoms with E-state index in [9.17, 15) is 9.18 Å². The highest BCUT2D eigenvalue weighted by Gasteiger charge is 2.21. The largest absolute Gasteiger partial charge is 0.366 e. The van der Waals surface area contributed by atoms with Crippen molar-refractivity contribution in [2.24, 2.45) is 0 Å². The molecule has 21 heavy (non-hydrogen) atoms. The number of carbonyl (C=O) groups is 1. The van der Waals surface area contributed by atoms with Crippen LogP contribution in [0.4, 0.5) is 16.0 Å². The lowest BCUT2D eigenvalue weighted by Gasteiger charge is -2.06. The van der Waals surface area contributed by atoms with Gasteiger partial charge in [0.05, 0.1) is 6.42 Å². The molecule has 1 aliphatic carbocycles. The van der Waals surface area contributed by atoms with Gasteiger partial charge in [-0.2, -0.15) is 0 Å². The zero-order valence-electron chi connectivity index (χ0n) is 11.3. The first-order chi connectivity index (χ1) is 10.2. The SMILES string of the molecule is O=C(Cc1ccccc1F)Nc1ccc(NC2CC2)nn1. The molecule has 0 atom stereocenters. The Hall–Kier alpha value is -2.50. The lowest BCUT2D eigenvalue weighted by molar-refractivity contribution is -0.115. The molecule has 0 saturated heterocycles. The predicted octanol–water partition coefficient (Wildman–Crippen LogP) is 2.37. The number of nitrogens with one attached hydrogen (secondary N) is 2. The van der Waals surface area contributed by atoms with E-state index >= 15 is 0 Å². The topological polar surface area (TPSA) is 66.9 Å². The molecule has 0 unspecified atom stereocenters. The van der Waals surface area contributed by atoms with Gasteiger partial charge < -0.3 is 10.6 Å². The fourth-order valence-corrected chi connectivity index (χ4v) is 1.91. The van der Waals surface area contributed by atoms with Crippen LogP contribution in [0.25, 0.3) is 0 Å². The highest BCUT2D eigenvalue weighted by Crippen LogP contribution is 2.23. The minimum absolute atomic E-state index is 0.0313. The molecule has 1 heterocycles. The second kappa shape index (κ2) is 5.87. The number of benzene rings is 1. The monoisotopic (exact) mass is 286 g/mol. The number of anilines is 2. The molecular formula is C15H15FN4O. The molecule has 1 aliphatic rings. The van der Waals surface area contributed by atoms with Crippen LogP contribution in [-0.4, -0.2) is 22.1 Å². The van der Waals surface area contributed by atoms with Crippen LogP contribution in [-0.2, 0) is 11.2 Å². The van der Waals surface area contributed by atoms with Gasteiger partial charge in [0.25, 0.3) is 0 Å². The molecule has 6 heteroatoms. The lowest BCUT2D eigenvalue weighted by atomic mass is 10.1. The van der Waals surface area contributed by atoms with Crippen molar-refractivity contribution in [2.75, 3.05) is 10.6 Å². The number of amides is 1. The van der Waals surface area contributed by atoms with Crippen LogP contribution in [0.3, 0.4) is 0 Å². The Morgan fingerprint density at radius 3 is 2.52 bits per heavy atom. The Morgan fingerprint density at radius 1 is 1.14 bits per heavy atom. The van der Waals surface area contributed by atoms with Crippen LogP contribution < -0.4 is 10.6 Å². The number of halogens is 1. The van der Waals surface area contributed by atoms with Crippen molar-refractivity contribution in [3.8, 4) is 0 Å². The summed E-state index contributed by atoms with van der Waals surface area (Å²) in [4.78, 5) is 11.8. The second-order valence-corrected chi connectivity index (χ2v) is 5.04. The van der Waals surface area contributed by atoms with Crippen molar-refractivity contribution >= 4 is 17.5 Å². The van der Waals surface area contributed by atoms with Gasteiger partial charge in [-0.3, -0.25) is 4.79 Å². The van der Waals surface area contributed by atoms with Crippen LogP contribution in [0.1, 0.15) is 18.4 Å². The molecule has 0 radical (unpaired) electrons. The van der Waals surface area contributed by atoms with Gasteiger partial charge in [0.2, 0.25) is 5.91 Å². The third-order valence-corrected chi connectivity index (χ3v) is 3.17. The van der Waals surface area contributed by atoms with Crippen molar-refractivity contribution in [3.63, 3.8) is 0 Å². The molecule has 1 fully saturated rings. The maximum atomic E-state index is 13.5. The van der Waals surface area contributed by atoms with Crippen molar-refractivity contribution in [3.05, 3.63) is 47.8 Å². The van der Waals surface area contributed by atoms with Gasteiger partial charge in [0, 0.05) is 6.04 Å². The van der Waals surface area contributed by atoms with E-state index in [1.165, 1.54) is 6.07 Å². The molecular weight excluding hydrogens is 271 g/mol. The first-order valence-corrected chi connectivity index (χ1v) is 6.84.